The van der Waals surface area contributed by atoms with E-state index in [1.54, 1.807) is 4.90 Å². The van der Waals surface area contributed by atoms with E-state index in [4.69, 9.17) is 4.98 Å². The first-order valence-corrected chi connectivity index (χ1v) is 11.8. The number of piperidine rings is 1. The summed E-state index contributed by atoms with van der Waals surface area (Å²) >= 11 is 0. The average Bonchev–Trinajstić information content (AvgIpc) is 3.12. The molecule has 3 aliphatic heterocycles. The van der Waals surface area contributed by atoms with E-state index < -0.39 is 0 Å². The van der Waals surface area contributed by atoms with Crippen molar-refractivity contribution in [3.8, 4) is 0 Å². The van der Waals surface area contributed by atoms with Gasteiger partial charge in [0.15, 0.2) is 0 Å². The van der Waals surface area contributed by atoms with E-state index in [1.165, 1.54) is 19.3 Å². The molecule has 0 radical (unpaired) electrons. The average molecular weight is 419 g/mol. The monoisotopic (exact) mass is 418 g/mol. The Bertz CT molecular complexity index is 1060. The van der Waals surface area contributed by atoms with E-state index in [9.17, 15) is 9.59 Å². The van der Waals surface area contributed by atoms with Gasteiger partial charge >= 0.3 is 0 Å². The highest BCUT2D eigenvalue weighted by Gasteiger charge is 2.43. The van der Waals surface area contributed by atoms with Crippen molar-refractivity contribution in [3.05, 3.63) is 63.3 Å². The van der Waals surface area contributed by atoms with Gasteiger partial charge in [0.05, 0.1) is 17.8 Å². The molecule has 4 aliphatic rings. The van der Waals surface area contributed by atoms with E-state index in [-0.39, 0.29) is 16.9 Å². The van der Waals surface area contributed by atoms with Gasteiger partial charge in [-0.3, -0.25) is 14.2 Å². The Morgan fingerprint density at radius 2 is 1.84 bits per heavy atom. The first-order valence-electron chi connectivity index (χ1n) is 11.8. The Kier molecular flexibility index (Phi) is 4.53. The van der Waals surface area contributed by atoms with E-state index in [2.05, 4.69) is 4.90 Å². The highest BCUT2D eigenvalue weighted by Crippen LogP contribution is 2.42. The number of likely N-dealkylation sites (tertiary alicyclic amines) is 1. The third-order valence-electron chi connectivity index (χ3n) is 8.18. The van der Waals surface area contributed by atoms with Crippen LogP contribution in [0.25, 0.3) is 0 Å². The van der Waals surface area contributed by atoms with Crippen LogP contribution in [0.2, 0.25) is 0 Å². The number of amides is 1. The molecular weight excluding hydrogens is 388 g/mol. The molecule has 1 aromatic heterocycles. The minimum absolute atomic E-state index is 0.00372. The molecule has 0 atom stereocenters. The van der Waals surface area contributed by atoms with Gasteiger partial charge in [0.1, 0.15) is 5.82 Å². The lowest BCUT2D eigenvalue weighted by Gasteiger charge is -2.45. The zero-order valence-electron chi connectivity index (χ0n) is 18.1. The number of hydrogen-bond donors (Lipinski definition) is 0. The van der Waals surface area contributed by atoms with Crippen LogP contribution >= 0.6 is 0 Å². The molecule has 0 N–H and O–H groups in total. The molecule has 1 saturated carbocycles. The molecule has 4 heterocycles. The summed E-state index contributed by atoms with van der Waals surface area (Å²) < 4.78 is 1.94. The van der Waals surface area contributed by atoms with Gasteiger partial charge in [-0.2, -0.15) is 0 Å². The van der Waals surface area contributed by atoms with E-state index in [0.29, 0.717) is 25.1 Å². The predicted octanol–water partition coefficient (Wildman–Crippen LogP) is 2.63. The van der Waals surface area contributed by atoms with Crippen molar-refractivity contribution in [1.29, 1.82) is 0 Å². The summed E-state index contributed by atoms with van der Waals surface area (Å²) in [5.41, 5.74) is 2.60. The molecule has 2 fully saturated rings. The SMILES string of the molecule is O=C(c1ccccc1)N1CCc2nc3n(c(=O)c2C1)CC1(CCN(C2CCC2)CC1)C3. The molecule has 2 aromatic rings. The molecule has 0 unspecified atom stereocenters. The van der Waals surface area contributed by atoms with Crippen molar-refractivity contribution < 1.29 is 4.79 Å². The van der Waals surface area contributed by atoms with Crippen molar-refractivity contribution in [2.45, 2.75) is 64.1 Å². The molecule has 1 saturated heterocycles. The van der Waals surface area contributed by atoms with E-state index in [1.807, 2.05) is 34.9 Å². The summed E-state index contributed by atoms with van der Waals surface area (Å²) in [5, 5.41) is 0. The summed E-state index contributed by atoms with van der Waals surface area (Å²) in [7, 11) is 0. The Morgan fingerprint density at radius 3 is 2.55 bits per heavy atom. The van der Waals surface area contributed by atoms with E-state index >= 15 is 0 Å². The molecule has 6 heteroatoms. The summed E-state index contributed by atoms with van der Waals surface area (Å²) in [6, 6.07) is 10.2. The number of aromatic nitrogens is 2. The molecule has 1 spiro atoms. The van der Waals surface area contributed by atoms with Gasteiger partial charge in [0, 0.05) is 37.5 Å². The number of carbonyl (C=O) groups excluding carboxylic acids is 1. The lowest BCUT2D eigenvalue weighted by molar-refractivity contribution is 0.0430. The summed E-state index contributed by atoms with van der Waals surface area (Å²) in [6.07, 6.45) is 8.02. The number of nitrogens with zero attached hydrogens (tertiary/aromatic N) is 4. The predicted molar refractivity (Wildman–Crippen MR) is 118 cm³/mol. The van der Waals surface area contributed by atoms with Crippen LogP contribution < -0.4 is 5.56 Å². The van der Waals surface area contributed by atoms with Crippen molar-refractivity contribution >= 4 is 5.91 Å². The lowest BCUT2D eigenvalue weighted by atomic mass is 9.76. The summed E-state index contributed by atoms with van der Waals surface area (Å²) in [4.78, 5) is 35.8. The second-order valence-corrected chi connectivity index (χ2v) is 9.98. The lowest BCUT2D eigenvalue weighted by Crippen LogP contribution is -2.48. The van der Waals surface area contributed by atoms with Gasteiger partial charge in [-0.05, 0) is 56.3 Å². The van der Waals surface area contributed by atoms with Gasteiger partial charge in [0.25, 0.3) is 11.5 Å². The number of benzene rings is 1. The summed E-state index contributed by atoms with van der Waals surface area (Å²) in [5.74, 6) is 0.972. The minimum atomic E-state index is -0.00372. The second-order valence-electron chi connectivity index (χ2n) is 9.98. The van der Waals surface area contributed by atoms with Crippen LogP contribution in [0.4, 0.5) is 0 Å². The molecule has 6 rings (SSSR count). The largest absolute Gasteiger partial charge is 0.334 e. The fraction of sp³-hybridized carbons (Fsp3) is 0.560. The standard InChI is InChI=1S/C25H30N4O2/c30-23(18-5-2-1-3-6-18)28-12-9-21-20(16-28)24(31)29-17-25(15-22(29)26-21)10-13-27(14-11-25)19-7-4-8-19/h1-3,5-6,19H,4,7-17H2. The van der Waals surface area contributed by atoms with Gasteiger partial charge in [-0.15, -0.1) is 0 Å². The number of fused-ring (bicyclic) bond motifs is 2. The Balaban J connectivity index is 1.22. The molecule has 1 aliphatic carbocycles. The first kappa shape index (κ1) is 19.2. The number of carbonyl (C=O) groups is 1. The maximum atomic E-state index is 13.4. The Morgan fingerprint density at radius 1 is 1.06 bits per heavy atom. The van der Waals surface area contributed by atoms with Crippen LogP contribution in [0, 0.1) is 5.41 Å². The van der Waals surface area contributed by atoms with Crippen molar-refractivity contribution in [1.82, 2.24) is 19.4 Å². The molecule has 1 amide bonds. The zero-order valence-corrected chi connectivity index (χ0v) is 18.1. The van der Waals surface area contributed by atoms with Crippen LogP contribution in [0.3, 0.4) is 0 Å². The Hall–Kier alpha value is -2.47. The van der Waals surface area contributed by atoms with Crippen LogP contribution in [-0.4, -0.2) is 50.9 Å². The van der Waals surface area contributed by atoms with Crippen LogP contribution in [-0.2, 0) is 25.9 Å². The van der Waals surface area contributed by atoms with Gasteiger partial charge in [0.2, 0.25) is 0 Å². The molecular formula is C25H30N4O2. The van der Waals surface area contributed by atoms with Crippen LogP contribution in [0.1, 0.15) is 59.5 Å². The van der Waals surface area contributed by atoms with Crippen molar-refractivity contribution in [2.24, 2.45) is 5.41 Å². The third-order valence-corrected chi connectivity index (χ3v) is 8.18. The van der Waals surface area contributed by atoms with E-state index in [0.717, 1.165) is 62.0 Å². The van der Waals surface area contributed by atoms with Crippen LogP contribution in [0.5, 0.6) is 0 Å². The molecule has 6 nitrogen and oxygen atoms in total. The fourth-order valence-electron chi connectivity index (χ4n) is 5.98. The molecule has 162 valence electrons. The first-order chi connectivity index (χ1) is 15.1. The molecule has 0 bridgehead atoms. The van der Waals surface area contributed by atoms with Crippen LogP contribution in [0.15, 0.2) is 35.1 Å². The normalized spacial score (nSPS) is 22.8. The second kappa shape index (κ2) is 7.30. The van der Waals surface area contributed by atoms with Gasteiger partial charge < -0.3 is 9.80 Å². The van der Waals surface area contributed by atoms with Gasteiger partial charge in [-0.25, -0.2) is 4.98 Å². The number of hydrogen-bond acceptors (Lipinski definition) is 4. The minimum Gasteiger partial charge on any atom is -0.334 e. The maximum Gasteiger partial charge on any atom is 0.258 e. The summed E-state index contributed by atoms with van der Waals surface area (Å²) in [6.45, 7) is 4.11. The quantitative estimate of drug-likeness (QED) is 0.752. The zero-order chi connectivity index (χ0) is 21.0. The topological polar surface area (TPSA) is 58.4 Å². The van der Waals surface area contributed by atoms with Crippen molar-refractivity contribution in [3.63, 3.8) is 0 Å². The fourth-order valence-corrected chi connectivity index (χ4v) is 5.98. The van der Waals surface area contributed by atoms with Crippen molar-refractivity contribution in [2.75, 3.05) is 19.6 Å². The van der Waals surface area contributed by atoms with Gasteiger partial charge in [-0.1, -0.05) is 24.6 Å². The Labute approximate surface area is 182 Å². The highest BCUT2D eigenvalue weighted by atomic mass is 16.2. The highest BCUT2D eigenvalue weighted by molar-refractivity contribution is 5.94. The smallest absolute Gasteiger partial charge is 0.258 e. The number of rotatable bonds is 2. The maximum absolute atomic E-state index is 13.4. The third kappa shape index (κ3) is 3.23. The molecule has 31 heavy (non-hydrogen) atoms. The molecule has 1 aromatic carbocycles.